The molecule has 4 aromatic rings. The van der Waals surface area contributed by atoms with Crippen molar-refractivity contribution >= 4 is 55.3 Å². The Morgan fingerprint density at radius 3 is 1.23 bits per heavy atom. The minimum Gasteiger partial charge on any atom is -0.390 e. The second-order valence-electron chi connectivity index (χ2n) is 36.9. The molecule has 0 amide bonds. The summed E-state index contributed by atoms with van der Waals surface area (Å²) < 4.78 is 57.0. The second kappa shape index (κ2) is 28.5. The number of hydrogen-bond donors (Lipinski definition) is 3. The third kappa shape index (κ3) is 13.0. The zero-order chi connectivity index (χ0) is 69.7. The molecule has 101 heavy (non-hydrogen) atoms. The maximum absolute atomic E-state index is 14.1. The van der Waals surface area contributed by atoms with Crippen molar-refractivity contribution in [2.75, 3.05) is 5.33 Å². The molecule has 24 atom stereocenters. The van der Waals surface area contributed by atoms with Crippen molar-refractivity contribution in [2.45, 2.75) is 307 Å². The summed E-state index contributed by atoms with van der Waals surface area (Å²) in [6, 6.07) is 3.97. The molecule has 0 radical (unpaired) electrons. The smallest absolute Gasteiger partial charge is 0.159 e. The van der Waals surface area contributed by atoms with Crippen molar-refractivity contribution in [3.05, 3.63) is 47.5 Å². The van der Waals surface area contributed by atoms with E-state index in [9.17, 15) is 47.3 Å². The van der Waals surface area contributed by atoms with Crippen LogP contribution in [0, 0.1) is 145 Å². The monoisotopic (exact) mass is 1470 g/mol. The van der Waals surface area contributed by atoms with Crippen molar-refractivity contribution < 1.29 is 47.3 Å². The molecule has 0 bridgehead atoms. The number of aromatic nitrogens is 6. The second-order valence-corrected chi connectivity index (χ2v) is 37.4. The van der Waals surface area contributed by atoms with Gasteiger partial charge in [0, 0.05) is 42.0 Å². The Morgan fingerprint density at radius 1 is 0.455 bits per heavy atom. The summed E-state index contributed by atoms with van der Waals surface area (Å²) in [5, 5.41) is 49.1. The number of carbonyl (C=O) groups is 3. The molecule has 12 aliphatic carbocycles. The standard InChI is InChI=1S/2C29H39F2N3O2.C23H37BrO2.3CH4/c1-4-29-12-11-27(2,36)15-17(29)5-6-19-20-7-8-22(28(20,3)10-9-21(19)29)25(35)16-34-24-14-18(30)13-23(31)26(24)32-33-34;1-4-29-12-11-27(2,36)15-17(29)5-6-19-20-7-8-22(28(20,3)10-9-21(19)29)25(35)16-34-32-24-14-18(30)13-23(31)26(24)33-34;1-4-23-12-11-21(2,26)13-15(23)5-6-16-17-7-8-19(20(25)14-24)22(17,3)10-9-18(16)23;;;/h2*13-14,17,19-22,36H,4-12,15-16H2,1-3H3;15-19,26H,4-14H2,1-3H3;3*1H4/t2*17-,19-,20-,21-,22+,27+,28-,29-;15-,16-,17-,18-,19+,21+,22-,23-;;;/m000.../s1. The minimum absolute atomic E-state index is 0. The molecular formula is C84H127BrF4N6O6. The first kappa shape index (κ1) is 78.4. The zero-order valence-corrected chi connectivity index (χ0v) is 62.0. The van der Waals surface area contributed by atoms with Gasteiger partial charge in [-0.2, -0.15) is 9.90 Å². The number of benzene rings is 2. The fraction of sp³-hybridized carbons (Fsp3) is 0.821. The predicted molar refractivity (Wildman–Crippen MR) is 395 cm³/mol. The highest BCUT2D eigenvalue weighted by atomic mass is 79.9. The summed E-state index contributed by atoms with van der Waals surface area (Å²) in [7, 11) is 0. The van der Waals surface area contributed by atoms with Gasteiger partial charge in [-0.05, 0) is 317 Å². The number of carbonyl (C=O) groups excluding carboxylic acids is 3. The van der Waals surface area contributed by atoms with E-state index in [1.165, 1.54) is 105 Å². The lowest BCUT2D eigenvalue weighted by atomic mass is 9.42. The summed E-state index contributed by atoms with van der Waals surface area (Å²) >= 11 is 3.44. The zero-order valence-electron chi connectivity index (χ0n) is 60.4. The van der Waals surface area contributed by atoms with E-state index in [-0.39, 0.29) is 103 Å². The van der Waals surface area contributed by atoms with Gasteiger partial charge >= 0.3 is 0 Å². The number of alkyl halides is 1. The molecular weight excluding hydrogens is 1340 g/mol. The average molecular weight is 1470 g/mol. The third-order valence-electron chi connectivity index (χ3n) is 32.8. The maximum Gasteiger partial charge on any atom is 0.159 e. The number of aliphatic hydroxyl groups is 3. The summed E-state index contributed by atoms with van der Waals surface area (Å²) in [5.41, 5.74) is 0.225. The van der Waals surface area contributed by atoms with E-state index in [1.807, 2.05) is 13.8 Å². The van der Waals surface area contributed by atoms with Gasteiger partial charge < -0.3 is 15.3 Å². The van der Waals surface area contributed by atoms with Gasteiger partial charge in [0.1, 0.15) is 47.1 Å². The Bertz CT molecular complexity index is 3680. The molecule has 2 aromatic heterocycles. The first-order valence-electron chi connectivity index (χ1n) is 39.1. The molecule has 12 saturated carbocycles. The summed E-state index contributed by atoms with van der Waals surface area (Å²) in [6.45, 7) is 20.4. The molecule has 2 aromatic carbocycles. The van der Waals surface area contributed by atoms with E-state index in [2.05, 4.69) is 84.9 Å². The highest BCUT2D eigenvalue weighted by Crippen LogP contribution is 2.73. The lowest BCUT2D eigenvalue weighted by molar-refractivity contribution is -0.158. The van der Waals surface area contributed by atoms with Crippen LogP contribution in [0.4, 0.5) is 17.6 Å². The molecule has 12 fully saturated rings. The largest absolute Gasteiger partial charge is 0.390 e. The number of Topliss-reactive ketones (excluding diaryl/α,β-unsaturated/α-hetero) is 3. The van der Waals surface area contributed by atoms with Crippen molar-refractivity contribution in [1.82, 2.24) is 30.0 Å². The molecule has 0 saturated heterocycles. The van der Waals surface area contributed by atoms with Crippen molar-refractivity contribution in [2.24, 2.45) is 121 Å². The van der Waals surface area contributed by atoms with E-state index >= 15 is 0 Å². The van der Waals surface area contributed by atoms with E-state index in [0.717, 1.165) is 139 Å². The molecule has 0 spiro atoms. The van der Waals surface area contributed by atoms with Gasteiger partial charge in [0.05, 0.1) is 27.6 Å². The molecule has 3 N–H and O–H groups in total. The predicted octanol–water partition coefficient (Wildman–Crippen LogP) is 19.8. The van der Waals surface area contributed by atoms with Crippen molar-refractivity contribution in [1.29, 1.82) is 0 Å². The van der Waals surface area contributed by atoms with Gasteiger partial charge in [0.15, 0.2) is 23.2 Å². The van der Waals surface area contributed by atoms with E-state index in [0.29, 0.717) is 80.6 Å². The number of rotatable bonds is 11. The van der Waals surface area contributed by atoms with Gasteiger partial charge in [-0.25, -0.2) is 22.2 Å². The SMILES string of the molecule is C.C.C.CC[C@]12CC[C@@](C)(O)C[C@@H]1CC[C@H]1[C@@H]3CC[C@H](C(=O)CBr)[C@@]3(C)CC[C@@H]12.CC[C@]12CC[C@@](C)(O)C[C@@H]1CC[C@H]1[C@@H]3CC[C@H](C(=O)Cn4nc5cc(F)cc(F)c5n4)[C@@]3(C)CC[C@@H]12.CC[C@]12CC[C@@](C)(O)C[C@@H]1CC[C@H]1[C@@H]3CC[C@H](C(=O)Cn4nnc5c(F)cc(F)cc54)[C@@]3(C)CC[C@@H]12. The topological polar surface area (TPSA) is 173 Å². The van der Waals surface area contributed by atoms with E-state index in [4.69, 9.17) is 0 Å². The Kier molecular flexibility index (Phi) is 22.1. The molecule has 0 unspecified atom stereocenters. The van der Waals surface area contributed by atoms with Crippen LogP contribution in [0.2, 0.25) is 0 Å². The molecule has 0 aliphatic heterocycles. The van der Waals surface area contributed by atoms with Gasteiger partial charge in [-0.1, -0.05) is 85.0 Å². The summed E-state index contributed by atoms with van der Waals surface area (Å²) in [6.07, 6.45) is 33.6. The van der Waals surface area contributed by atoms with Crippen LogP contribution in [0.3, 0.4) is 0 Å². The fourth-order valence-corrected chi connectivity index (χ4v) is 28.6. The lowest BCUT2D eigenvalue weighted by Crippen LogP contribution is -2.56. The molecule has 12 aliphatic rings. The maximum atomic E-state index is 14.1. The summed E-state index contributed by atoms with van der Waals surface area (Å²) in [4.78, 5) is 41.1. The number of fused-ring (bicyclic) bond motifs is 17. The molecule has 17 heteroatoms. The summed E-state index contributed by atoms with van der Waals surface area (Å²) in [5.74, 6) is 6.10. The molecule has 2 heterocycles. The Labute approximate surface area is 610 Å². The Hall–Kier alpha value is -3.67. The van der Waals surface area contributed by atoms with E-state index in [1.54, 1.807) is 0 Å². The van der Waals surface area contributed by atoms with Crippen molar-refractivity contribution in [3.63, 3.8) is 0 Å². The van der Waals surface area contributed by atoms with E-state index < -0.39 is 40.1 Å². The van der Waals surface area contributed by atoms with Gasteiger partial charge in [-0.3, -0.25) is 14.4 Å². The first-order chi connectivity index (χ1) is 46.4. The highest BCUT2D eigenvalue weighted by molar-refractivity contribution is 9.09. The third-order valence-corrected chi connectivity index (χ3v) is 33.4. The van der Waals surface area contributed by atoms with Gasteiger partial charge in [0.25, 0.3) is 0 Å². The van der Waals surface area contributed by atoms with Crippen LogP contribution in [0.5, 0.6) is 0 Å². The number of ketones is 3. The average Bonchev–Trinajstić information content (AvgIpc) is 1.71. The quantitative estimate of drug-likeness (QED) is 0.0969. The Morgan fingerprint density at radius 2 is 0.832 bits per heavy atom. The van der Waals surface area contributed by atoms with Crippen LogP contribution in [0.25, 0.3) is 22.1 Å². The number of hydrogen-bond acceptors (Lipinski definition) is 10. The highest BCUT2D eigenvalue weighted by Gasteiger charge is 2.66. The fourth-order valence-electron chi connectivity index (χ4n) is 28.2. The van der Waals surface area contributed by atoms with Crippen LogP contribution < -0.4 is 0 Å². The Balaban J connectivity index is 0.000000152. The lowest BCUT2D eigenvalue weighted by Gasteiger charge is -2.63. The van der Waals surface area contributed by atoms with Gasteiger partial charge in [0.2, 0.25) is 0 Å². The number of nitrogens with zero attached hydrogens (tertiary/aromatic N) is 6. The first-order valence-corrected chi connectivity index (χ1v) is 40.2. The minimum atomic E-state index is -0.750. The van der Waals surface area contributed by atoms with Gasteiger partial charge in [-0.15, -0.1) is 10.2 Å². The molecule has 16 rings (SSSR count). The van der Waals surface area contributed by atoms with Crippen LogP contribution in [-0.4, -0.2) is 84.8 Å². The van der Waals surface area contributed by atoms with Crippen LogP contribution in [0.1, 0.15) is 277 Å². The number of halogens is 5. The van der Waals surface area contributed by atoms with Crippen LogP contribution in [-0.2, 0) is 27.5 Å². The normalized spacial score (nSPS) is 43.8. The van der Waals surface area contributed by atoms with Crippen molar-refractivity contribution in [3.8, 4) is 0 Å². The molecule has 12 nitrogen and oxygen atoms in total. The molecule has 564 valence electrons. The van der Waals surface area contributed by atoms with Crippen LogP contribution >= 0.6 is 15.9 Å². The van der Waals surface area contributed by atoms with Crippen LogP contribution in [0.15, 0.2) is 24.3 Å².